The van der Waals surface area contributed by atoms with Crippen molar-refractivity contribution in [3.8, 4) is 0 Å². The number of aryl methyl sites for hydroxylation is 1. The quantitative estimate of drug-likeness (QED) is 0.705. The molecule has 2 heterocycles. The van der Waals surface area contributed by atoms with Crippen LogP contribution in [0.3, 0.4) is 0 Å². The summed E-state index contributed by atoms with van der Waals surface area (Å²) in [5, 5.41) is 7.33. The van der Waals surface area contributed by atoms with Crippen molar-refractivity contribution in [2.75, 3.05) is 5.32 Å². The zero-order valence-electron chi connectivity index (χ0n) is 15.9. The van der Waals surface area contributed by atoms with Crippen LogP contribution in [0.15, 0.2) is 59.6 Å². The third-order valence-electron chi connectivity index (χ3n) is 4.75. The number of benzene rings is 2. The molecule has 0 unspecified atom stereocenters. The van der Waals surface area contributed by atoms with E-state index in [0.29, 0.717) is 29.3 Å². The van der Waals surface area contributed by atoms with Crippen molar-refractivity contribution in [2.24, 2.45) is 4.99 Å². The Morgan fingerprint density at radius 1 is 1.00 bits per heavy atom. The van der Waals surface area contributed by atoms with Crippen LogP contribution in [-0.4, -0.2) is 21.4 Å². The first-order valence-electron chi connectivity index (χ1n) is 9.07. The molecule has 0 atom stereocenters. The van der Waals surface area contributed by atoms with E-state index in [0.717, 1.165) is 16.8 Å². The lowest BCUT2D eigenvalue weighted by Crippen LogP contribution is -2.25. The van der Waals surface area contributed by atoms with Crippen LogP contribution in [0.5, 0.6) is 0 Å². The summed E-state index contributed by atoms with van der Waals surface area (Å²) in [4.78, 5) is 16.8. The monoisotopic (exact) mass is 392 g/mol. The highest BCUT2D eigenvalue weighted by Gasteiger charge is 2.22. The van der Waals surface area contributed by atoms with Crippen LogP contribution >= 0.6 is 0 Å². The summed E-state index contributed by atoms with van der Waals surface area (Å²) in [5.74, 6) is -0.938. The fraction of sp³-hybridized carbons (Fsp3) is 0.136. The van der Waals surface area contributed by atoms with E-state index in [4.69, 9.17) is 0 Å². The van der Waals surface area contributed by atoms with E-state index in [9.17, 15) is 13.6 Å². The van der Waals surface area contributed by atoms with Gasteiger partial charge in [-0.05, 0) is 61.9 Å². The fourth-order valence-corrected chi connectivity index (χ4v) is 3.11. The first-order chi connectivity index (χ1) is 13.9. The second kappa shape index (κ2) is 7.43. The molecule has 0 radical (unpaired) electrons. The zero-order chi connectivity index (χ0) is 20.5. The number of hydrogen-bond donors (Lipinski definition) is 1. The lowest BCUT2D eigenvalue weighted by Gasteiger charge is -2.14. The van der Waals surface area contributed by atoms with Gasteiger partial charge in [0.2, 0.25) is 0 Å². The predicted molar refractivity (Wildman–Crippen MR) is 108 cm³/mol. The molecule has 0 aliphatic carbocycles. The van der Waals surface area contributed by atoms with Gasteiger partial charge in [-0.15, -0.1) is 0 Å². The van der Waals surface area contributed by atoms with Crippen LogP contribution in [0.25, 0.3) is 5.70 Å². The Labute approximate surface area is 166 Å². The molecule has 0 saturated heterocycles. The molecule has 146 valence electrons. The lowest BCUT2D eigenvalue weighted by atomic mass is 10.1. The highest BCUT2D eigenvalue weighted by atomic mass is 19.1. The van der Waals surface area contributed by atoms with Crippen molar-refractivity contribution in [3.05, 3.63) is 88.8 Å². The fourth-order valence-electron chi connectivity index (χ4n) is 3.11. The Bertz CT molecular complexity index is 1140. The van der Waals surface area contributed by atoms with Gasteiger partial charge >= 0.3 is 0 Å². The molecular weight excluding hydrogens is 374 g/mol. The molecule has 1 N–H and O–H groups in total. The summed E-state index contributed by atoms with van der Waals surface area (Å²) in [6.45, 7) is 4.14. The van der Waals surface area contributed by atoms with Crippen LogP contribution in [0.2, 0.25) is 0 Å². The summed E-state index contributed by atoms with van der Waals surface area (Å²) >= 11 is 0. The molecule has 0 bridgehead atoms. The van der Waals surface area contributed by atoms with E-state index in [1.165, 1.54) is 24.3 Å². The Morgan fingerprint density at radius 2 is 1.59 bits per heavy atom. The van der Waals surface area contributed by atoms with E-state index in [1.807, 2.05) is 13.8 Å². The largest absolute Gasteiger partial charge is 0.317 e. The third kappa shape index (κ3) is 3.85. The van der Waals surface area contributed by atoms with Gasteiger partial charge in [-0.2, -0.15) is 5.10 Å². The van der Waals surface area contributed by atoms with Gasteiger partial charge in [0.15, 0.2) is 0 Å². The number of aromatic nitrogens is 2. The lowest BCUT2D eigenvalue weighted by molar-refractivity contribution is -0.110. The molecule has 1 aliphatic heterocycles. The van der Waals surface area contributed by atoms with E-state index in [1.54, 1.807) is 35.0 Å². The Hall–Kier alpha value is -3.61. The number of aliphatic imine (C=N–C) groups is 1. The number of amides is 1. The van der Waals surface area contributed by atoms with Gasteiger partial charge in [0, 0.05) is 5.56 Å². The molecule has 0 fully saturated rings. The van der Waals surface area contributed by atoms with Crippen molar-refractivity contribution in [3.63, 3.8) is 0 Å². The number of carbonyl (C=O) groups excluding carboxylic acids is 1. The summed E-state index contributed by atoms with van der Waals surface area (Å²) in [5.41, 5.74) is 4.70. The maximum atomic E-state index is 13.1. The molecule has 4 rings (SSSR count). The first-order valence-corrected chi connectivity index (χ1v) is 9.07. The third-order valence-corrected chi connectivity index (χ3v) is 4.75. The molecule has 1 aliphatic rings. The number of carbonyl (C=O) groups is 1. The van der Waals surface area contributed by atoms with E-state index in [-0.39, 0.29) is 17.5 Å². The number of rotatable bonds is 5. The van der Waals surface area contributed by atoms with Gasteiger partial charge in [-0.1, -0.05) is 12.1 Å². The van der Waals surface area contributed by atoms with Gasteiger partial charge in [-0.25, -0.2) is 13.8 Å². The molecule has 2 aromatic carbocycles. The van der Waals surface area contributed by atoms with Crippen molar-refractivity contribution in [1.82, 2.24) is 9.78 Å². The highest BCUT2D eigenvalue weighted by Crippen LogP contribution is 2.25. The molecule has 3 aromatic rings. The van der Waals surface area contributed by atoms with Gasteiger partial charge in [0.25, 0.3) is 5.91 Å². The van der Waals surface area contributed by atoms with Crippen LogP contribution in [-0.2, 0) is 11.3 Å². The van der Waals surface area contributed by atoms with Crippen molar-refractivity contribution in [1.29, 1.82) is 0 Å². The maximum Gasteiger partial charge on any atom is 0.274 e. The number of nitrogens with zero attached hydrogens (tertiary/aromatic N) is 3. The molecular formula is C22H18F2N4O. The summed E-state index contributed by atoms with van der Waals surface area (Å²) in [7, 11) is 0. The minimum Gasteiger partial charge on any atom is -0.317 e. The van der Waals surface area contributed by atoms with Gasteiger partial charge in [0.1, 0.15) is 17.3 Å². The second-order valence-electron chi connectivity index (χ2n) is 6.82. The first kappa shape index (κ1) is 18.7. The average Bonchev–Trinajstić information content (AvgIpc) is 2.91. The Morgan fingerprint density at radius 3 is 2.21 bits per heavy atom. The van der Waals surface area contributed by atoms with Crippen LogP contribution < -0.4 is 5.32 Å². The summed E-state index contributed by atoms with van der Waals surface area (Å²) < 4.78 is 27.9. The molecule has 29 heavy (non-hydrogen) atoms. The van der Waals surface area contributed by atoms with Crippen molar-refractivity contribution >= 4 is 23.0 Å². The highest BCUT2D eigenvalue weighted by molar-refractivity contribution is 6.51. The standard InChI is InChI=1S/C22H18F2N4O/c1-13-21(14(2)28(27-13)12-15-3-7-17(23)8-4-15)26-22(29)20-11-19(25-20)16-5-9-18(24)10-6-16/h3-11H,12H2,1-2H3,(H,26,29). The normalized spacial score (nSPS) is 12.8. The maximum absolute atomic E-state index is 13.1. The van der Waals surface area contributed by atoms with E-state index in [2.05, 4.69) is 15.4 Å². The Kier molecular flexibility index (Phi) is 4.80. The smallest absolute Gasteiger partial charge is 0.274 e. The number of anilines is 1. The van der Waals surface area contributed by atoms with Gasteiger partial charge in [-0.3, -0.25) is 9.48 Å². The number of halogens is 2. The predicted octanol–water partition coefficient (Wildman–Crippen LogP) is 4.26. The molecule has 0 saturated carbocycles. The minimum atomic E-state index is -0.330. The zero-order valence-corrected chi connectivity index (χ0v) is 15.9. The van der Waals surface area contributed by atoms with E-state index < -0.39 is 0 Å². The molecule has 1 amide bonds. The summed E-state index contributed by atoms with van der Waals surface area (Å²) in [6, 6.07) is 12.2. The molecule has 1 aromatic heterocycles. The van der Waals surface area contributed by atoms with Crippen LogP contribution in [0, 0.1) is 25.5 Å². The van der Waals surface area contributed by atoms with Crippen LogP contribution in [0.4, 0.5) is 14.5 Å². The topological polar surface area (TPSA) is 59.3 Å². The molecule has 5 nitrogen and oxygen atoms in total. The van der Waals surface area contributed by atoms with Gasteiger partial charge in [0.05, 0.1) is 29.3 Å². The van der Waals surface area contributed by atoms with Crippen molar-refractivity contribution < 1.29 is 13.6 Å². The summed E-state index contributed by atoms with van der Waals surface area (Å²) in [6.07, 6.45) is 1.66. The molecule has 0 spiro atoms. The second-order valence-corrected chi connectivity index (χ2v) is 6.82. The van der Waals surface area contributed by atoms with Gasteiger partial charge < -0.3 is 5.32 Å². The number of hydrogen-bond acceptors (Lipinski definition) is 3. The SMILES string of the molecule is Cc1nn(Cc2ccc(F)cc2)c(C)c1NC(=O)C1=NC(c2ccc(F)cc2)=C1. The Balaban J connectivity index is 1.45. The molecule has 7 heteroatoms. The average molecular weight is 392 g/mol. The van der Waals surface area contributed by atoms with E-state index >= 15 is 0 Å². The van der Waals surface area contributed by atoms with Crippen molar-refractivity contribution in [2.45, 2.75) is 20.4 Å². The van der Waals surface area contributed by atoms with Crippen LogP contribution in [0.1, 0.15) is 22.5 Å². The number of nitrogens with one attached hydrogen (secondary N) is 1. The minimum absolute atomic E-state index is 0.288.